The van der Waals surface area contributed by atoms with Crippen LogP contribution in [0, 0.1) is 11.8 Å². The summed E-state index contributed by atoms with van der Waals surface area (Å²) in [7, 11) is 2.02. The van der Waals surface area contributed by atoms with Crippen LogP contribution in [0.4, 0.5) is 4.79 Å². The van der Waals surface area contributed by atoms with Crippen LogP contribution in [0.5, 0.6) is 0 Å². The number of aliphatic hydroxyl groups excluding tert-OH is 2. The molecule has 0 spiro atoms. The van der Waals surface area contributed by atoms with Gasteiger partial charge >= 0.3 is 12.1 Å². The van der Waals surface area contributed by atoms with E-state index in [-0.39, 0.29) is 36.9 Å². The van der Waals surface area contributed by atoms with Gasteiger partial charge in [0.05, 0.1) is 36.4 Å². The highest BCUT2D eigenvalue weighted by molar-refractivity contribution is 5.70. The molecule has 47 heavy (non-hydrogen) atoms. The van der Waals surface area contributed by atoms with Gasteiger partial charge in [-0.25, -0.2) is 4.79 Å². The number of carbonyl (C=O) groups excluding carboxylic acids is 2. The molecule has 0 aliphatic carbocycles. The van der Waals surface area contributed by atoms with Crippen LogP contribution in [0.15, 0.2) is 36.0 Å². The maximum Gasteiger partial charge on any atom is 0.410 e. The Morgan fingerprint density at radius 1 is 1.23 bits per heavy atom. The number of hydrogen-bond acceptors (Lipinski definition) is 10. The highest BCUT2D eigenvalue weighted by Crippen LogP contribution is 2.37. The summed E-state index contributed by atoms with van der Waals surface area (Å²) in [6.45, 7) is 16.2. The lowest BCUT2D eigenvalue weighted by molar-refractivity contribution is -0.152. The number of allylic oxidation sites excluding steroid dienone is 2. The van der Waals surface area contributed by atoms with Crippen LogP contribution in [0.1, 0.15) is 80.6 Å². The fourth-order valence-corrected chi connectivity index (χ4v) is 6.45. The third-order valence-corrected chi connectivity index (χ3v) is 9.81. The Morgan fingerprint density at radius 3 is 2.55 bits per heavy atom. The molecule has 0 aromatic heterocycles. The molecule has 0 aromatic rings. The Bertz CT molecular complexity index is 1120. The van der Waals surface area contributed by atoms with Crippen LogP contribution >= 0.6 is 0 Å². The number of cyclic esters (lactones) is 1. The van der Waals surface area contributed by atoms with Gasteiger partial charge in [0.1, 0.15) is 11.7 Å². The van der Waals surface area contributed by atoms with E-state index in [1.165, 1.54) is 0 Å². The summed E-state index contributed by atoms with van der Waals surface area (Å²) in [5.41, 5.74) is -1.33. The third kappa shape index (κ3) is 11.7. The monoisotopic (exact) mass is 664 g/mol. The SMILES string of the molecule is CCO[C@]1(C)CC[C@@H](O)CC(=O)O[C@H](/C(C)=C/C=C/[C@](C)(O)CC2OC2[C@H](C)[C@@H](O)CC)[C@@H](C)/C=C/[C@@H]1OC(=O)N1CCN(C)CC1. The van der Waals surface area contributed by atoms with Gasteiger partial charge < -0.3 is 44.1 Å². The second kappa shape index (κ2) is 17.4. The maximum atomic E-state index is 13.3. The average molecular weight is 665 g/mol. The van der Waals surface area contributed by atoms with Gasteiger partial charge in [0, 0.05) is 51.0 Å². The van der Waals surface area contributed by atoms with Crippen LogP contribution in [0.25, 0.3) is 0 Å². The van der Waals surface area contributed by atoms with Gasteiger partial charge in [-0.15, -0.1) is 0 Å². The summed E-state index contributed by atoms with van der Waals surface area (Å²) in [5, 5.41) is 32.0. The standard InChI is InChI=1S/C36H60N2O9/c1-9-28(40)26(5)33-29(45-33)23-35(6,43)16-11-12-24(3)32-25(4)13-14-30(46-34(42)38-20-18-37(8)19-21-38)36(7,44-10-2)17-15-27(39)22-31(41)47-32/h11-14,16,25-30,32-33,39-40,43H,9-10,15,17-23H2,1-8H3/b14-13+,16-11+,24-12+/t25-,26+,27+,28-,29?,30-,32+,33?,35-,36+/m0/s1. The predicted octanol–water partition coefficient (Wildman–Crippen LogP) is 4.00. The number of ether oxygens (including phenoxy) is 4. The first-order valence-corrected chi connectivity index (χ1v) is 17.3. The first-order valence-electron chi connectivity index (χ1n) is 17.3. The molecule has 3 aliphatic heterocycles. The van der Waals surface area contributed by atoms with Crippen LogP contribution in [0.2, 0.25) is 0 Å². The van der Waals surface area contributed by atoms with Crippen molar-refractivity contribution in [3.05, 3.63) is 36.0 Å². The maximum absolute atomic E-state index is 13.3. The van der Waals surface area contributed by atoms with Crippen LogP contribution in [-0.2, 0) is 23.7 Å². The summed E-state index contributed by atoms with van der Waals surface area (Å²) in [6, 6.07) is 0. The van der Waals surface area contributed by atoms with E-state index in [0.29, 0.717) is 39.0 Å². The van der Waals surface area contributed by atoms with Gasteiger partial charge in [0.15, 0.2) is 6.10 Å². The minimum absolute atomic E-state index is 0.00271. The first kappa shape index (κ1) is 39.2. The molecule has 2 fully saturated rings. The zero-order valence-electron chi connectivity index (χ0n) is 29.8. The van der Waals surface area contributed by atoms with E-state index in [4.69, 9.17) is 18.9 Å². The van der Waals surface area contributed by atoms with E-state index in [2.05, 4.69) is 4.90 Å². The van der Waals surface area contributed by atoms with Crippen molar-refractivity contribution in [3.8, 4) is 0 Å². The summed E-state index contributed by atoms with van der Waals surface area (Å²) >= 11 is 0. The van der Waals surface area contributed by atoms with Crippen molar-refractivity contribution < 1.29 is 43.9 Å². The minimum Gasteiger partial charge on any atom is -0.457 e. The molecule has 3 aliphatic rings. The lowest BCUT2D eigenvalue weighted by atomic mass is 9.88. The van der Waals surface area contributed by atoms with Crippen LogP contribution < -0.4 is 0 Å². The van der Waals surface area contributed by atoms with E-state index in [1.54, 1.807) is 24.0 Å². The van der Waals surface area contributed by atoms with Crippen molar-refractivity contribution in [1.82, 2.24) is 9.80 Å². The zero-order valence-corrected chi connectivity index (χ0v) is 29.8. The van der Waals surface area contributed by atoms with Crippen molar-refractivity contribution in [3.63, 3.8) is 0 Å². The van der Waals surface area contributed by atoms with Crippen LogP contribution in [0.3, 0.4) is 0 Å². The van der Waals surface area contributed by atoms with E-state index in [1.807, 2.05) is 66.8 Å². The van der Waals surface area contributed by atoms with Crippen molar-refractivity contribution in [2.75, 3.05) is 39.8 Å². The number of rotatable bonds is 11. The van der Waals surface area contributed by atoms with Gasteiger partial charge in [-0.2, -0.15) is 0 Å². The molecule has 3 heterocycles. The Labute approximate surface area is 281 Å². The fourth-order valence-electron chi connectivity index (χ4n) is 6.45. The van der Waals surface area contributed by atoms with Gasteiger partial charge in [0.25, 0.3) is 0 Å². The van der Waals surface area contributed by atoms with E-state index in [0.717, 1.165) is 18.7 Å². The molecule has 3 N–H and O–H groups in total. The number of nitrogens with zero attached hydrogens (tertiary/aromatic N) is 2. The van der Waals surface area contributed by atoms with E-state index in [9.17, 15) is 24.9 Å². The molecular weight excluding hydrogens is 604 g/mol. The van der Waals surface area contributed by atoms with Crippen molar-refractivity contribution in [2.24, 2.45) is 11.8 Å². The molecule has 11 nitrogen and oxygen atoms in total. The molecule has 0 bridgehead atoms. The lowest BCUT2D eigenvalue weighted by Gasteiger charge is -2.38. The molecule has 11 heteroatoms. The summed E-state index contributed by atoms with van der Waals surface area (Å²) in [5.74, 6) is -0.830. The molecule has 10 atom stereocenters. The Morgan fingerprint density at radius 2 is 1.91 bits per heavy atom. The molecule has 0 radical (unpaired) electrons. The topological polar surface area (TPSA) is 142 Å². The van der Waals surface area contributed by atoms with Gasteiger partial charge in [-0.05, 0) is 65.7 Å². The molecule has 0 aromatic carbocycles. The molecule has 3 rings (SSSR count). The second-order valence-corrected chi connectivity index (χ2v) is 14.2. The first-order chi connectivity index (χ1) is 22.1. The minimum atomic E-state index is -1.14. The highest BCUT2D eigenvalue weighted by atomic mass is 16.6. The number of aliphatic hydroxyl groups is 3. The number of carbonyl (C=O) groups is 2. The molecule has 1 amide bonds. The largest absolute Gasteiger partial charge is 0.457 e. The summed E-state index contributed by atoms with van der Waals surface area (Å²) in [4.78, 5) is 30.1. The van der Waals surface area contributed by atoms with Gasteiger partial charge in [-0.3, -0.25) is 4.79 Å². The van der Waals surface area contributed by atoms with Crippen molar-refractivity contribution in [2.45, 2.75) is 128 Å². The number of piperazine rings is 1. The highest BCUT2D eigenvalue weighted by Gasteiger charge is 2.47. The number of likely N-dealkylation sites (N-methyl/N-ethyl adjacent to an activating group) is 1. The average Bonchev–Trinajstić information content (AvgIpc) is 3.77. The summed E-state index contributed by atoms with van der Waals surface area (Å²) in [6.07, 6.45) is 7.06. The van der Waals surface area contributed by atoms with Crippen LogP contribution in [-0.4, -0.2) is 125 Å². The number of hydrogen-bond donors (Lipinski definition) is 3. The molecular formula is C36H60N2O9. The summed E-state index contributed by atoms with van der Waals surface area (Å²) < 4.78 is 24.0. The predicted molar refractivity (Wildman–Crippen MR) is 180 cm³/mol. The number of epoxide rings is 1. The zero-order chi connectivity index (χ0) is 34.9. The van der Waals surface area contributed by atoms with Crippen molar-refractivity contribution >= 4 is 12.1 Å². The van der Waals surface area contributed by atoms with Crippen molar-refractivity contribution in [1.29, 1.82) is 0 Å². The second-order valence-electron chi connectivity index (χ2n) is 14.2. The lowest BCUT2D eigenvalue weighted by Crippen LogP contribution is -2.51. The van der Waals surface area contributed by atoms with Gasteiger partial charge in [-0.1, -0.05) is 45.1 Å². The smallest absolute Gasteiger partial charge is 0.410 e. The Kier molecular flexibility index (Phi) is 14.5. The van der Waals surface area contributed by atoms with E-state index >= 15 is 0 Å². The molecule has 2 unspecified atom stereocenters. The quantitative estimate of drug-likeness (QED) is 0.128. The Balaban J connectivity index is 1.79. The molecule has 0 saturated carbocycles. The number of amides is 1. The molecule has 268 valence electrons. The third-order valence-electron chi connectivity index (χ3n) is 9.81. The normalized spacial score (nSPS) is 34.8. The van der Waals surface area contributed by atoms with E-state index < -0.39 is 47.7 Å². The fraction of sp³-hybridized carbons (Fsp3) is 0.778. The number of esters is 1. The van der Waals surface area contributed by atoms with Gasteiger partial charge in [0.2, 0.25) is 0 Å². The molecule has 2 saturated heterocycles. The Hall–Kier alpha value is -2.28.